The third-order valence-corrected chi connectivity index (χ3v) is 5.03. The van der Waals surface area contributed by atoms with Crippen molar-refractivity contribution in [1.82, 2.24) is 10.2 Å². The lowest BCUT2D eigenvalue weighted by Crippen LogP contribution is -2.65. The van der Waals surface area contributed by atoms with E-state index >= 15 is 0 Å². The molecule has 0 aromatic rings. The van der Waals surface area contributed by atoms with Crippen LogP contribution in [0.3, 0.4) is 0 Å². The van der Waals surface area contributed by atoms with Gasteiger partial charge in [-0.3, -0.25) is 9.59 Å². The Hall–Kier alpha value is -2.00. The van der Waals surface area contributed by atoms with E-state index in [9.17, 15) is 28.8 Å². The molecule has 0 aliphatic carbocycles. The van der Waals surface area contributed by atoms with Crippen LogP contribution in [0, 0.1) is 5.92 Å². The van der Waals surface area contributed by atoms with Crippen LogP contribution in [0.5, 0.6) is 0 Å². The number of carboxylic acid groups (broad SMARTS) is 1. The fraction of sp³-hybridized carbons (Fsp3) is 0.500. The highest BCUT2D eigenvalue weighted by atomic mass is 32.2. The Morgan fingerprint density at radius 2 is 2.04 bits per heavy atom. The van der Waals surface area contributed by atoms with E-state index in [0.717, 1.165) is 10.3 Å². The van der Waals surface area contributed by atoms with Gasteiger partial charge in [0.25, 0.3) is 0 Å². The Kier molecular flexibility index (Phi) is 4.45. The Morgan fingerprint density at radius 3 is 2.52 bits per heavy atom. The van der Waals surface area contributed by atoms with E-state index in [1.807, 2.05) is 0 Å². The molecule has 9 heteroatoms. The lowest BCUT2D eigenvalue weighted by atomic mass is 9.76. The number of amides is 2. The molecule has 1 saturated heterocycles. The number of fused-ring (bicyclic) bond motifs is 1. The zero-order valence-electron chi connectivity index (χ0n) is 12.9. The molecule has 2 heterocycles. The molecule has 3 atom stereocenters. The molecule has 0 aromatic heterocycles. The van der Waals surface area contributed by atoms with Gasteiger partial charge in [-0.2, -0.15) is 0 Å². The molecule has 23 heavy (non-hydrogen) atoms. The molecule has 0 bridgehead atoms. The molecule has 0 aromatic carbocycles. The summed E-state index contributed by atoms with van der Waals surface area (Å²) >= 11 is 0. The summed E-state index contributed by atoms with van der Waals surface area (Å²) in [5.74, 6) is -2.91. The SMILES string of the molecule is CC(=O)N/C=C/[S@@](=O)C1=C(C(=O)O)N2C(=O)[C@@H](C(C)(C)O)[C@H]2C1. The molecule has 3 N–H and O–H groups in total. The molecule has 0 unspecified atom stereocenters. The molecule has 2 aliphatic rings. The van der Waals surface area contributed by atoms with Crippen molar-refractivity contribution < 1.29 is 28.8 Å². The fourth-order valence-corrected chi connectivity index (χ4v) is 3.99. The number of carbonyl (C=O) groups is 3. The first-order chi connectivity index (χ1) is 10.6. The van der Waals surface area contributed by atoms with Crippen LogP contribution in [-0.4, -0.2) is 48.7 Å². The molecule has 0 saturated carbocycles. The van der Waals surface area contributed by atoms with Gasteiger partial charge < -0.3 is 20.4 Å². The van der Waals surface area contributed by atoms with Gasteiger partial charge in [0.2, 0.25) is 11.8 Å². The van der Waals surface area contributed by atoms with Crippen LogP contribution in [0.25, 0.3) is 0 Å². The highest BCUT2D eigenvalue weighted by molar-refractivity contribution is 7.91. The quantitative estimate of drug-likeness (QED) is 0.586. The predicted octanol–water partition coefficient (Wildman–Crippen LogP) is -0.360. The lowest BCUT2D eigenvalue weighted by Gasteiger charge is -2.48. The average molecular weight is 342 g/mol. The Labute approximate surface area is 135 Å². The van der Waals surface area contributed by atoms with Gasteiger partial charge in [-0.1, -0.05) is 0 Å². The second kappa shape index (κ2) is 5.89. The van der Waals surface area contributed by atoms with Gasteiger partial charge >= 0.3 is 5.97 Å². The number of nitrogens with one attached hydrogen (secondary N) is 1. The first kappa shape index (κ1) is 17.4. The predicted molar refractivity (Wildman–Crippen MR) is 80.8 cm³/mol. The van der Waals surface area contributed by atoms with E-state index in [2.05, 4.69) is 5.32 Å². The largest absolute Gasteiger partial charge is 0.477 e. The molecular weight excluding hydrogens is 324 g/mol. The number of hydrogen-bond acceptors (Lipinski definition) is 5. The van der Waals surface area contributed by atoms with E-state index in [1.54, 1.807) is 0 Å². The number of hydrogen-bond donors (Lipinski definition) is 3. The summed E-state index contributed by atoms with van der Waals surface area (Å²) in [6.45, 7) is 4.25. The molecule has 2 rings (SSSR count). The summed E-state index contributed by atoms with van der Waals surface area (Å²) in [7, 11) is -1.79. The van der Waals surface area contributed by atoms with E-state index in [4.69, 9.17) is 0 Å². The molecule has 1 fully saturated rings. The van der Waals surface area contributed by atoms with Gasteiger partial charge in [-0.25, -0.2) is 9.00 Å². The van der Waals surface area contributed by atoms with Crippen molar-refractivity contribution in [2.75, 3.05) is 0 Å². The summed E-state index contributed by atoms with van der Waals surface area (Å²) in [4.78, 5) is 35.6. The average Bonchev–Trinajstić information content (AvgIpc) is 2.71. The maximum Gasteiger partial charge on any atom is 0.353 e. The second-order valence-corrected chi connectivity index (χ2v) is 7.35. The Balaban J connectivity index is 2.28. The van der Waals surface area contributed by atoms with E-state index < -0.39 is 40.2 Å². The van der Waals surface area contributed by atoms with Crippen molar-refractivity contribution in [3.8, 4) is 0 Å². The molecule has 126 valence electrons. The molecule has 8 nitrogen and oxygen atoms in total. The van der Waals surface area contributed by atoms with Crippen LogP contribution in [0.15, 0.2) is 22.2 Å². The topological polar surface area (TPSA) is 124 Å². The highest BCUT2D eigenvalue weighted by Gasteiger charge is 2.60. The standard InChI is InChI=1S/C14H18N2O6S/c1-7(17)15-4-5-23(22)9-6-8-10(14(2,3)21)12(18)16(8)11(9)13(19)20/h4-5,8,10,21H,6H2,1-3H3,(H,15,17)(H,19,20)/b5-4+/t8-,10+,23-/m1/s1. The van der Waals surface area contributed by atoms with Gasteiger partial charge in [0.1, 0.15) is 5.70 Å². The van der Waals surface area contributed by atoms with Crippen LogP contribution >= 0.6 is 0 Å². The highest BCUT2D eigenvalue weighted by Crippen LogP contribution is 2.47. The van der Waals surface area contributed by atoms with Crippen molar-refractivity contribution in [2.45, 2.75) is 38.8 Å². The summed E-state index contributed by atoms with van der Waals surface area (Å²) in [5.41, 5.74) is -1.59. The van der Waals surface area contributed by atoms with E-state index in [1.165, 1.54) is 27.0 Å². The van der Waals surface area contributed by atoms with Crippen molar-refractivity contribution in [1.29, 1.82) is 0 Å². The van der Waals surface area contributed by atoms with Gasteiger partial charge in [-0.15, -0.1) is 0 Å². The lowest BCUT2D eigenvalue weighted by molar-refractivity contribution is -0.169. The van der Waals surface area contributed by atoms with Gasteiger partial charge in [-0.05, 0) is 13.8 Å². The number of rotatable bonds is 5. The Bertz CT molecular complexity index is 661. The zero-order valence-corrected chi connectivity index (χ0v) is 13.7. The number of nitrogens with zero attached hydrogens (tertiary/aromatic N) is 1. The minimum Gasteiger partial charge on any atom is -0.477 e. The minimum absolute atomic E-state index is 0.101. The van der Waals surface area contributed by atoms with Crippen molar-refractivity contribution in [3.05, 3.63) is 22.2 Å². The van der Waals surface area contributed by atoms with Crippen molar-refractivity contribution in [3.63, 3.8) is 0 Å². The monoisotopic (exact) mass is 342 g/mol. The maximum atomic E-state index is 12.3. The third-order valence-electron chi connectivity index (χ3n) is 3.80. The minimum atomic E-state index is -1.79. The van der Waals surface area contributed by atoms with Crippen LogP contribution in [0.2, 0.25) is 0 Å². The van der Waals surface area contributed by atoms with Gasteiger partial charge in [0.05, 0.1) is 33.3 Å². The number of β-lactam (4-membered cyclic amide) rings is 1. The first-order valence-electron chi connectivity index (χ1n) is 6.92. The smallest absolute Gasteiger partial charge is 0.353 e. The van der Waals surface area contributed by atoms with Gasteiger partial charge in [0.15, 0.2) is 0 Å². The normalized spacial score (nSPS) is 25.4. The van der Waals surface area contributed by atoms with Crippen molar-refractivity contribution >= 4 is 28.6 Å². The van der Waals surface area contributed by atoms with Crippen LogP contribution < -0.4 is 5.32 Å². The van der Waals surface area contributed by atoms with E-state index in [-0.39, 0.29) is 22.9 Å². The van der Waals surface area contributed by atoms with Crippen LogP contribution in [-0.2, 0) is 25.2 Å². The Morgan fingerprint density at radius 1 is 1.43 bits per heavy atom. The molecule has 0 spiro atoms. The number of carboxylic acids is 1. The zero-order chi connectivity index (χ0) is 17.5. The van der Waals surface area contributed by atoms with Gasteiger partial charge in [0, 0.05) is 25.0 Å². The van der Waals surface area contributed by atoms with Crippen molar-refractivity contribution in [2.24, 2.45) is 5.92 Å². The first-order valence-corrected chi connectivity index (χ1v) is 8.13. The summed E-state index contributed by atoms with van der Waals surface area (Å²) in [5, 5.41) is 22.9. The fourth-order valence-electron chi connectivity index (χ4n) is 2.92. The number of aliphatic hydroxyl groups is 1. The summed E-state index contributed by atoms with van der Waals surface area (Å²) in [6, 6.07) is -0.512. The number of carbonyl (C=O) groups excluding carboxylic acids is 2. The molecule has 2 amide bonds. The molecular formula is C14H18N2O6S. The second-order valence-electron chi connectivity index (χ2n) is 5.99. The van der Waals surface area contributed by atoms with E-state index in [0.29, 0.717) is 0 Å². The number of aliphatic carboxylic acids is 1. The molecule has 0 radical (unpaired) electrons. The molecule has 2 aliphatic heterocycles. The van der Waals surface area contributed by atoms with Crippen LogP contribution in [0.1, 0.15) is 27.2 Å². The summed E-state index contributed by atoms with van der Waals surface area (Å²) < 4.78 is 12.3. The maximum absolute atomic E-state index is 12.3. The third kappa shape index (κ3) is 3.06. The van der Waals surface area contributed by atoms with Crippen LogP contribution in [0.4, 0.5) is 0 Å². The summed E-state index contributed by atoms with van der Waals surface area (Å²) in [6.07, 6.45) is 1.29.